The number of hydrogen-bond donors (Lipinski definition) is 1. The van der Waals surface area contributed by atoms with Crippen LogP contribution in [0.4, 0.5) is 4.39 Å². The fraction of sp³-hybridized carbons (Fsp3) is 0.267. The number of pyridine rings is 1. The van der Waals surface area contributed by atoms with Crippen LogP contribution in [-0.2, 0) is 0 Å². The Morgan fingerprint density at radius 2 is 1.95 bits per heavy atom. The summed E-state index contributed by atoms with van der Waals surface area (Å²) in [7, 11) is 0. The second-order valence-electron chi connectivity index (χ2n) is 4.53. The second kappa shape index (κ2) is 6.26. The van der Waals surface area contributed by atoms with E-state index in [1.54, 1.807) is 12.3 Å². The van der Waals surface area contributed by atoms with Gasteiger partial charge in [-0.3, -0.25) is 4.98 Å². The van der Waals surface area contributed by atoms with Crippen molar-refractivity contribution in [2.45, 2.75) is 25.9 Å². The normalized spacial score (nSPS) is 14.1. The lowest BCUT2D eigenvalue weighted by Gasteiger charge is -2.20. The predicted octanol–water partition coefficient (Wildman–Crippen LogP) is 4.40. The van der Waals surface area contributed by atoms with Crippen molar-refractivity contribution in [1.82, 2.24) is 10.3 Å². The van der Waals surface area contributed by atoms with Crippen molar-refractivity contribution in [3.05, 3.63) is 64.1 Å². The molecule has 0 amide bonds. The van der Waals surface area contributed by atoms with Crippen molar-refractivity contribution in [2.75, 3.05) is 0 Å². The Morgan fingerprint density at radius 3 is 2.58 bits per heavy atom. The van der Waals surface area contributed by atoms with E-state index in [4.69, 9.17) is 0 Å². The van der Waals surface area contributed by atoms with E-state index in [1.807, 2.05) is 38.1 Å². The first-order valence-corrected chi connectivity index (χ1v) is 6.99. The SMILES string of the molecule is CC(N[C@H](C)c1ccccn1)c1ccc(Br)cc1F. The minimum absolute atomic E-state index is 0.0687. The minimum atomic E-state index is -0.206. The van der Waals surface area contributed by atoms with Crippen LogP contribution in [0.25, 0.3) is 0 Å². The summed E-state index contributed by atoms with van der Waals surface area (Å²) in [6, 6.07) is 10.9. The number of benzene rings is 1. The molecule has 1 aromatic heterocycles. The van der Waals surface area contributed by atoms with Crippen LogP contribution in [-0.4, -0.2) is 4.98 Å². The molecule has 0 aliphatic rings. The third-order valence-corrected chi connectivity index (χ3v) is 3.55. The van der Waals surface area contributed by atoms with E-state index in [2.05, 4.69) is 26.2 Å². The first-order valence-electron chi connectivity index (χ1n) is 6.20. The van der Waals surface area contributed by atoms with Crippen molar-refractivity contribution < 1.29 is 4.39 Å². The molecular formula is C15H16BrFN2. The number of nitrogens with zero attached hydrogens (tertiary/aromatic N) is 1. The van der Waals surface area contributed by atoms with Gasteiger partial charge >= 0.3 is 0 Å². The third kappa shape index (κ3) is 3.61. The lowest BCUT2D eigenvalue weighted by atomic mass is 10.1. The molecule has 2 rings (SSSR count). The van der Waals surface area contributed by atoms with Gasteiger partial charge in [-0.05, 0) is 38.1 Å². The average molecular weight is 323 g/mol. The van der Waals surface area contributed by atoms with Crippen molar-refractivity contribution in [3.63, 3.8) is 0 Å². The van der Waals surface area contributed by atoms with Crippen LogP contribution < -0.4 is 5.32 Å². The summed E-state index contributed by atoms with van der Waals surface area (Å²) in [4.78, 5) is 4.30. The van der Waals surface area contributed by atoms with Crippen molar-refractivity contribution in [1.29, 1.82) is 0 Å². The molecule has 1 aromatic carbocycles. The Kier molecular flexibility index (Phi) is 4.66. The third-order valence-electron chi connectivity index (χ3n) is 3.06. The number of nitrogens with one attached hydrogen (secondary N) is 1. The van der Waals surface area contributed by atoms with Gasteiger partial charge in [0.1, 0.15) is 5.82 Å². The zero-order valence-corrected chi connectivity index (χ0v) is 12.5. The van der Waals surface area contributed by atoms with E-state index in [1.165, 1.54) is 6.07 Å². The Hall–Kier alpha value is -1.26. The van der Waals surface area contributed by atoms with Gasteiger partial charge in [0.25, 0.3) is 0 Å². The molecule has 100 valence electrons. The molecule has 2 atom stereocenters. The number of halogens is 2. The van der Waals surface area contributed by atoms with Gasteiger partial charge in [0.05, 0.1) is 5.69 Å². The molecule has 0 saturated carbocycles. The van der Waals surface area contributed by atoms with Gasteiger partial charge in [-0.1, -0.05) is 28.1 Å². The summed E-state index contributed by atoms with van der Waals surface area (Å²) >= 11 is 3.26. The number of aromatic nitrogens is 1. The number of hydrogen-bond acceptors (Lipinski definition) is 2. The molecule has 0 bridgehead atoms. The molecule has 2 nitrogen and oxygen atoms in total. The van der Waals surface area contributed by atoms with Crippen LogP contribution in [0.5, 0.6) is 0 Å². The number of rotatable bonds is 4. The Balaban J connectivity index is 2.10. The summed E-state index contributed by atoms with van der Waals surface area (Å²) in [5, 5.41) is 3.35. The van der Waals surface area contributed by atoms with Gasteiger partial charge in [-0.2, -0.15) is 0 Å². The van der Waals surface area contributed by atoms with E-state index in [0.29, 0.717) is 5.56 Å². The summed E-state index contributed by atoms with van der Waals surface area (Å²) in [6.07, 6.45) is 1.76. The molecule has 0 saturated heterocycles. The Morgan fingerprint density at radius 1 is 1.16 bits per heavy atom. The topological polar surface area (TPSA) is 24.9 Å². The second-order valence-corrected chi connectivity index (χ2v) is 5.45. The average Bonchev–Trinajstić information content (AvgIpc) is 2.39. The molecule has 2 aromatic rings. The first-order chi connectivity index (χ1) is 9.08. The van der Waals surface area contributed by atoms with Crippen LogP contribution in [0.15, 0.2) is 47.1 Å². The molecule has 1 heterocycles. The highest BCUT2D eigenvalue weighted by molar-refractivity contribution is 9.10. The Labute approximate surface area is 121 Å². The highest BCUT2D eigenvalue weighted by Crippen LogP contribution is 2.23. The van der Waals surface area contributed by atoms with E-state index < -0.39 is 0 Å². The maximum atomic E-state index is 13.9. The fourth-order valence-electron chi connectivity index (χ4n) is 2.03. The highest BCUT2D eigenvalue weighted by Gasteiger charge is 2.15. The molecule has 0 aliphatic heterocycles. The van der Waals surface area contributed by atoms with Crippen LogP contribution in [0, 0.1) is 5.82 Å². The van der Waals surface area contributed by atoms with E-state index in [0.717, 1.165) is 10.2 Å². The van der Waals surface area contributed by atoms with Crippen LogP contribution in [0.3, 0.4) is 0 Å². The molecule has 4 heteroatoms. The van der Waals surface area contributed by atoms with Gasteiger partial charge in [0.2, 0.25) is 0 Å². The molecule has 0 fully saturated rings. The minimum Gasteiger partial charge on any atom is -0.302 e. The lowest BCUT2D eigenvalue weighted by Crippen LogP contribution is -2.23. The maximum Gasteiger partial charge on any atom is 0.129 e. The van der Waals surface area contributed by atoms with Crippen LogP contribution in [0.2, 0.25) is 0 Å². The molecule has 1 unspecified atom stereocenters. The molecule has 0 radical (unpaired) electrons. The summed E-state index contributed by atoms with van der Waals surface area (Å²) in [5.74, 6) is -0.206. The monoisotopic (exact) mass is 322 g/mol. The van der Waals surface area contributed by atoms with Crippen LogP contribution in [0.1, 0.15) is 37.2 Å². The first kappa shape index (κ1) is 14.2. The van der Waals surface area contributed by atoms with E-state index in [9.17, 15) is 4.39 Å². The largest absolute Gasteiger partial charge is 0.302 e. The summed E-state index contributed by atoms with van der Waals surface area (Å²) in [6.45, 7) is 3.97. The zero-order valence-electron chi connectivity index (χ0n) is 10.9. The molecule has 0 aliphatic carbocycles. The highest BCUT2D eigenvalue weighted by atomic mass is 79.9. The van der Waals surface area contributed by atoms with Crippen molar-refractivity contribution in [2.24, 2.45) is 0 Å². The maximum absolute atomic E-state index is 13.9. The molecule has 0 spiro atoms. The van der Waals surface area contributed by atoms with Crippen molar-refractivity contribution in [3.8, 4) is 0 Å². The smallest absolute Gasteiger partial charge is 0.129 e. The van der Waals surface area contributed by atoms with E-state index >= 15 is 0 Å². The standard InChI is InChI=1S/C15H16BrFN2/c1-10(13-7-6-12(16)9-14(13)17)19-11(2)15-5-3-4-8-18-15/h3-11,19H,1-2H3/t10?,11-/m1/s1. The van der Waals surface area contributed by atoms with Gasteiger partial charge in [0.15, 0.2) is 0 Å². The molecular weight excluding hydrogens is 307 g/mol. The lowest BCUT2D eigenvalue weighted by molar-refractivity contribution is 0.467. The quantitative estimate of drug-likeness (QED) is 0.902. The van der Waals surface area contributed by atoms with Gasteiger partial charge in [-0.25, -0.2) is 4.39 Å². The van der Waals surface area contributed by atoms with Gasteiger partial charge < -0.3 is 5.32 Å². The Bertz CT molecular complexity index is 545. The van der Waals surface area contributed by atoms with Gasteiger partial charge in [-0.15, -0.1) is 0 Å². The van der Waals surface area contributed by atoms with Crippen molar-refractivity contribution >= 4 is 15.9 Å². The van der Waals surface area contributed by atoms with Gasteiger partial charge in [0, 0.05) is 28.3 Å². The zero-order chi connectivity index (χ0) is 13.8. The van der Waals surface area contributed by atoms with Crippen LogP contribution >= 0.6 is 15.9 Å². The predicted molar refractivity (Wildman–Crippen MR) is 78.3 cm³/mol. The fourth-order valence-corrected chi connectivity index (χ4v) is 2.37. The summed E-state index contributed by atoms with van der Waals surface area (Å²) in [5.41, 5.74) is 1.61. The molecule has 1 N–H and O–H groups in total. The molecule has 19 heavy (non-hydrogen) atoms. The summed E-state index contributed by atoms with van der Waals surface area (Å²) < 4.78 is 14.6. The van der Waals surface area contributed by atoms with E-state index in [-0.39, 0.29) is 17.9 Å².